The lowest BCUT2D eigenvalue weighted by molar-refractivity contribution is -0.124. The van der Waals surface area contributed by atoms with E-state index in [4.69, 9.17) is 28.2 Å². The molecule has 2 aromatic rings. The van der Waals surface area contributed by atoms with Gasteiger partial charge in [-0.05, 0) is 60.0 Å². The first kappa shape index (κ1) is 22.3. The molecule has 4 nitrogen and oxygen atoms in total. The van der Waals surface area contributed by atoms with E-state index in [0.717, 1.165) is 26.9 Å². The number of likely N-dealkylation sites (N-methyl/N-ethyl adjacent to an activating group) is 1. The highest BCUT2D eigenvalue weighted by Crippen LogP contribution is 2.56. The van der Waals surface area contributed by atoms with E-state index in [1.807, 2.05) is 48.5 Å². The van der Waals surface area contributed by atoms with Crippen LogP contribution in [0.25, 0.3) is 0 Å². The summed E-state index contributed by atoms with van der Waals surface area (Å²) in [5, 5.41) is 2.24. The predicted octanol–water partition coefficient (Wildman–Crippen LogP) is 6.32. The first-order chi connectivity index (χ1) is 14.6. The van der Waals surface area contributed by atoms with Gasteiger partial charge in [0.05, 0.1) is 6.04 Å². The van der Waals surface area contributed by atoms with Gasteiger partial charge in [-0.1, -0.05) is 61.3 Å². The Morgan fingerprint density at radius 2 is 1.61 bits per heavy atom. The average Bonchev–Trinajstić information content (AvgIpc) is 3.21. The summed E-state index contributed by atoms with van der Waals surface area (Å²) in [4.78, 5) is 22.8. The Labute approximate surface area is 197 Å². The van der Waals surface area contributed by atoms with E-state index in [1.165, 1.54) is 11.8 Å². The second-order valence-electron chi connectivity index (χ2n) is 8.54. The van der Waals surface area contributed by atoms with Crippen molar-refractivity contribution in [2.45, 2.75) is 32.4 Å². The van der Waals surface area contributed by atoms with Crippen LogP contribution < -0.4 is 0 Å². The summed E-state index contributed by atoms with van der Waals surface area (Å²) < 4.78 is 0. The molecule has 2 heterocycles. The van der Waals surface area contributed by atoms with Crippen LogP contribution in [0.5, 0.6) is 0 Å². The molecule has 0 aliphatic carbocycles. The van der Waals surface area contributed by atoms with Gasteiger partial charge in [0, 0.05) is 29.8 Å². The van der Waals surface area contributed by atoms with Gasteiger partial charge < -0.3 is 9.80 Å². The average molecular weight is 474 g/mol. The van der Waals surface area contributed by atoms with Gasteiger partial charge in [-0.25, -0.2) is 4.99 Å². The zero-order valence-corrected chi connectivity index (χ0v) is 20.5. The third-order valence-electron chi connectivity index (χ3n) is 5.77. The SMILES string of the molecule is CC(C)C1=C(C(=O)N(C)C)SC2=N[C@@](C)(c3ccc(Cl)cc3)[C@@H](c3ccc(Cl)cc3)N21. The van der Waals surface area contributed by atoms with Crippen LogP contribution in [-0.2, 0) is 10.3 Å². The number of carbonyl (C=O) groups is 1. The Bertz CT molecular complexity index is 1080. The van der Waals surface area contributed by atoms with Crippen molar-refractivity contribution in [3.63, 3.8) is 0 Å². The number of carbonyl (C=O) groups excluding carboxylic acids is 1. The molecule has 1 amide bonds. The summed E-state index contributed by atoms with van der Waals surface area (Å²) in [6.45, 7) is 6.39. The number of fused-ring (bicyclic) bond motifs is 1. The molecule has 2 aliphatic heterocycles. The normalized spacial score (nSPS) is 22.8. The zero-order valence-electron chi connectivity index (χ0n) is 18.2. The number of benzene rings is 2. The van der Waals surface area contributed by atoms with Gasteiger partial charge in [0.15, 0.2) is 5.17 Å². The van der Waals surface area contributed by atoms with E-state index in [-0.39, 0.29) is 17.9 Å². The Morgan fingerprint density at radius 1 is 1.06 bits per heavy atom. The van der Waals surface area contributed by atoms with Gasteiger partial charge in [-0.2, -0.15) is 0 Å². The van der Waals surface area contributed by atoms with Crippen molar-refractivity contribution in [1.29, 1.82) is 0 Å². The Kier molecular flexibility index (Phi) is 5.88. The molecular weight excluding hydrogens is 449 g/mol. The fourth-order valence-electron chi connectivity index (χ4n) is 4.27. The van der Waals surface area contributed by atoms with Crippen molar-refractivity contribution in [2.24, 2.45) is 10.9 Å². The lowest BCUT2D eigenvalue weighted by Gasteiger charge is -2.37. The first-order valence-corrected chi connectivity index (χ1v) is 11.7. The van der Waals surface area contributed by atoms with Crippen LogP contribution in [0.4, 0.5) is 0 Å². The molecule has 0 spiro atoms. The molecule has 0 aromatic heterocycles. The number of halogens is 2. The molecule has 2 aromatic carbocycles. The maximum Gasteiger partial charge on any atom is 0.262 e. The van der Waals surface area contributed by atoms with Crippen molar-refractivity contribution in [3.05, 3.63) is 80.3 Å². The number of thioether (sulfide) groups is 1. The maximum atomic E-state index is 13.0. The molecule has 2 atom stereocenters. The van der Waals surface area contributed by atoms with Crippen molar-refractivity contribution in [1.82, 2.24) is 9.80 Å². The lowest BCUT2D eigenvalue weighted by Crippen LogP contribution is -2.36. The molecule has 2 aliphatic rings. The summed E-state index contributed by atoms with van der Waals surface area (Å²) in [7, 11) is 3.57. The summed E-state index contributed by atoms with van der Waals surface area (Å²) in [6.07, 6.45) is 0. The number of hydrogen-bond donors (Lipinski definition) is 0. The van der Waals surface area contributed by atoms with Crippen LogP contribution in [-0.4, -0.2) is 35.0 Å². The fraction of sp³-hybridized carbons (Fsp3) is 0.333. The van der Waals surface area contributed by atoms with Crippen molar-refractivity contribution >= 4 is 46.0 Å². The van der Waals surface area contributed by atoms with Gasteiger partial charge >= 0.3 is 0 Å². The van der Waals surface area contributed by atoms with E-state index >= 15 is 0 Å². The van der Waals surface area contributed by atoms with E-state index in [1.54, 1.807) is 19.0 Å². The van der Waals surface area contributed by atoms with Crippen molar-refractivity contribution in [3.8, 4) is 0 Å². The molecule has 31 heavy (non-hydrogen) atoms. The Morgan fingerprint density at radius 3 is 2.13 bits per heavy atom. The van der Waals surface area contributed by atoms with Crippen molar-refractivity contribution in [2.75, 3.05) is 14.1 Å². The van der Waals surface area contributed by atoms with Gasteiger partial charge in [0.2, 0.25) is 0 Å². The van der Waals surface area contributed by atoms with Gasteiger partial charge in [0.25, 0.3) is 5.91 Å². The van der Waals surface area contributed by atoms with Gasteiger partial charge in [-0.3, -0.25) is 4.79 Å². The summed E-state index contributed by atoms with van der Waals surface area (Å²) >= 11 is 13.8. The maximum absolute atomic E-state index is 13.0. The molecule has 0 saturated carbocycles. The molecule has 0 N–H and O–H groups in total. The molecule has 0 fully saturated rings. The molecule has 0 saturated heterocycles. The van der Waals surface area contributed by atoms with E-state index < -0.39 is 5.54 Å². The molecule has 4 rings (SSSR count). The number of rotatable bonds is 4. The third-order valence-corrected chi connectivity index (χ3v) is 7.33. The number of allylic oxidation sites excluding steroid dienone is 1. The molecular formula is C24H25Cl2N3OS. The largest absolute Gasteiger partial charge is 0.344 e. The summed E-state index contributed by atoms with van der Waals surface area (Å²) in [5.41, 5.74) is 2.63. The molecule has 0 radical (unpaired) electrons. The van der Waals surface area contributed by atoms with Crippen LogP contribution in [0.3, 0.4) is 0 Å². The predicted molar refractivity (Wildman–Crippen MR) is 130 cm³/mol. The summed E-state index contributed by atoms with van der Waals surface area (Å²) in [6, 6.07) is 15.7. The van der Waals surface area contributed by atoms with Crippen LogP contribution in [0, 0.1) is 5.92 Å². The highest BCUT2D eigenvalue weighted by Gasteiger charge is 2.53. The lowest BCUT2D eigenvalue weighted by atomic mass is 9.81. The van der Waals surface area contributed by atoms with Crippen LogP contribution in [0.15, 0.2) is 64.1 Å². The number of hydrogen-bond acceptors (Lipinski definition) is 4. The Hall–Kier alpha value is -1.95. The van der Waals surface area contributed by atoms with Gasteiger partial charge in [-0.15, -0.1) is 0 Å². The molecule has 0 bridgehead atoms. The van der Waals surface area contributed by atoms with Crippen molar-refractivity contribution < 1.29 is 4.79 Å². The topological polar surface area (TPSA) is 35.9 Å². The second-order valence-corrected chi connectivity index (χ2v) is 10.4. The zero-order chi connectivity index (χ0) is 22.5. The van der Waals surface area contributed by atoms with Crippen LogP contribution >= 0.6 is 35.0 Å². The highest BCUT2D eigenvalue weighted by atomic mass is 35.5. The third kappa shape index (κ3) is 3.77. The Balaban J connectivity index is 1.91. The number of nitrogens with zero attached hydrogens (tertiary/aromatic N) is 3. The van der Waals surface area contributed by atoms with Crippen LogP contribution in [0.2, 0.25) is 10.0 Å². The molecule has 0 unspecified atom stereocenters. The van der Waals surface area contributed by atoms with E-state index in [9.17, 15) is 4.79 Å². The minimum absolute atomic E-state index is 0.00820. The van der Waals surface area contributed by atoms with E-state index in [0.29, 0.717) is 10.0 Å². The quantitative estimate of drug-likeness (QED) is 0.520. The molecule has 162 valence electrons. The minimum Gasteiger partial charge on any atom is -0.344 e. The standard InChI is InChI=1S/C24H25Cl2N3OS/c1-14(2)19-20(22(30)28(4)5)31-23-27-24(3,16-8-12-18(26)13-9-16)21(29(19)23)15-6-10-17(25)11-7-15/h6-14,21H,1-5H3/t21-,24+/m1/s1. The van der Waals surface area contributed by atoms with Crippen LogP contribution in [0.1, 0.15) is 37.9 Å². The number of amidine groups is 1. The first-order valence-electron chi connectivity index (χ1n) is 10.2. The van der Waals surface area contributed by atoms with Gasteiger partial charge in [0.1, 0.15) is 10.4 Å². The fourth-order valence-corrected chi connectivity index (χ4v) is 5.95. The number of aliphatic imine (C=N–C) groups is 1. The molecule has 7 heteroatoms. The number of amides is 1. The van der Waals surface area contributed by atoms with E-state index in [2.05, 4.69) is 25.7 Å². The monoisotopic (exact) mass is 473 g/mol. The minimum atomic E-state index is -0.548. The smallest absolute Gasteiger partial charge is 0.262 e. The second kappa shape index (κ2) is 8.19. The summed E-state index contributed by atoms with van der Waals surface area (Å²) in [5.74, 6) is 0.162. The highest BCUT2D eigenvalue weighted by molar-refractivity contribution is 8.18.